The smallest absolute Gasteiger partial charge is 0.0540 e. The van der Waals surface area contributed by atoms with Crippen molar-refractivity contribution in [1.82, 2.24) is 0 Å². The third-order valence-electron chi connectivity index (χ3n) is 12.4. The van der Waals surface area contributed by atoms with Crippen molar-refractivity contribution in [2.75, 3.05) is 9.80 Å². The van der Waals surface area contributed by atoms with Gasteiger partial charge in [0.05, 0.1) is 5.69 Å². The van der Waals surface area contributed by atoms with Gasteiger partial charge in [0, 0.05) is 34.0 Å². The van der Waals surface area contributed by atoms with Gasteiger partial charge in [-0.05, 0) is 122 Å². The monoisotopic (exact) mass is 842 g/mol. The van der Waals surface area contributed by atoms with Gasteiger partial charge in [-0.1, -0.05) is 218 Å². The van der Waals surface area contributed by atoms with Gasteiger partial charge < -0.3 is 9.80 Å². The summed E-state index contributed by atoms with van der Waals surface area (Å²) in [5, 5.41) is 2.41. The summed E-state index contributed by atoms with van der Waals surface area (Å²) >= 11 is 0. The molecule has 66 heavy (non-hydrogen) atoms. The fraction of sp³-hybridized carbons (Fsp3) is 0. The Labute approximate surface area is 387 Å². The van der Waals surface area contributed by atoms with Gasteiger partial charge in [0.2, 0.25) is 0 Å². The van der Waals surface area contributed by atoms with Gasteiger partial charge >= 0.3 is 0 Å². The summed E-state index contributed by atoms with van der Waals surface area (Å²) in [5.41, 5.74) is 18.0. The minimum atomic E-state index is 1.04. The maximum absolute atomic E-state index is 2.43. The SMILES string of the molecule is c1ccc(-c2ccc(N(c3ccc(-c4ccccc4)cc3)c3cc(-c4cccc5ccccc45)cc(N(c4ccc(-c5ccccc5)cc4)c4ccccc4-c4ccccc4)c3)cc2)cc1. The maximum Gasteiger partial charge on any atom is 0.0540 e. The molecule has 2 nitrogen and oxygen atoms in total. The number of nitrogens with zero attached hydrogens (tertiary/aromatic N) is 2. The third-order valence-corrected chi connectivity index (χ3v) is 12.4. The number of rotatable bonds is 11. The number of hydrogen-bond donors (Lipinski definition) is 0. The van der Waals surface area contributed by atoms with Crippen molar-refractivity contribution < 1.29 is 0 Å². The first kappa shape index (κ1) is 40.1. The van der Waals surface area contributed by atoms with Crippen molar-refractivity contribution in [3.63, 3.8) is 0 Å². The van der Waals surface area contributed by atoms with E-state index in [9.17, 15) is 0 Å². The fourth-order valence-electron chi connectivity index (χ4n) is 9.19. The van der Waals surface area contributed by atoms with E-state index in [0.29, 0.717) is 0 Å². The van der Waals surface area contributed by atoms with Crippen LogP contribution < -0.4 is 9.80 Å². The zero-order chi connectivity index (χ0) is 44.1. The van der Waals surface area contributed by atoms with Crippen LogP contribution in [0.1, 0.15) is 0 Å². The average Bonchev–Trinajstić information content (AvgIpc) is 3.40. The second-order valence-corrected chi connectivity index (χ2v) is 16.6. The molecule has 2 heteroatoms. The molecule has 0 aliphatic carbocycles. The van der Waals surface area contributed by atoms with Gasteiger partial charge in [-0.2, -0.15) is 0 Å². The van der Waals surface area contributed by atoms with Crippen LogP contribution in [-0.2, 0) is 0 Å². The number of para-hydroxylation sites is 1. The molecule has 11 aromatic rings. The van der Waals surface area contributed by atoms with E-state index in [1.165, 1.54) is 49.7 Å². The summed E-state index contributed by atoms with van der Waals surface area (Å²) in [6.07, 6.45) is 0. The summed E-state index contributed by atoms with van der Waals surface area (Å²) in [7, 11) is 0. The third kappa shape index (κ3) is 8.16. The van der Waals surface area contributed by atoms with Gasteiger partial charge in [0.1, 0.15) is 0 Å². The molecule has 0 N–H and O–H groups in total. The lowest BCUT2D eigenvalue weighted by Crippen LogP contribution is -2.14. The molecule has 0 amide bonds. The predicted octanol–water partition coefficient (Wildman–Crippen LogP) is 18.1. The molecule has 0 aliphatic heterocycles. The van der Waals surface area contributed by atoms with Crippen molar-refractivity contribution in [3.8, 4) is 55.6 Å². The minimum absolute atomic E-state index is 1.04. The van der Waals surface area contributed by atoms with Gasteiger partial charge in [-0.25, -0.2) is 0 Å². The van der Waals surface area contributed by atoms with E-state index in [1.54, 1.807) is 0 Å². The topological polar surface area (TPSA) is 6.48 Å². The molecular weight excluding hydrogens is 797 g/mol. The van der Waals surface area contributed by atoms with Gasteiger partial charge in [0.25, 0.3) is 0 Å². The summed E-state index contributed by atoms with van der Waals surface area (Å²) in [5.74, 6) is 0. The van der Waals surface area contributed by atoms with E-state index < -0.39 is 0 Å². The molecule has 0 spiro atoms. The quantitative estimate of drug-likeness (QED) is 0.128. The molecular formula is C64H46N2. The molecule has 312 valence electrons. The Morgan fingerprint density at radius 3 is 1.08 bits per heavy atom. The van der Waals surface area contributed by atoms with Crippen molar-refractivity contribution in [2.24, 2.45) is 0 Å². The lowest BCUT2D eigenvalue weighted by atomic mass is 9.96. The van der Waals surface area contributed by atoms with Crippen molar-refractivity contribution in [1.29, 1.82) is 0 Å². The molecule has 0 radical (unpaired) electrons. The van der Waals surface area contributed by atoms with Crippen LogP contribution in [-0.4, -0.2) is 0 Å². The van der Waals surface area contributed by atoms with Crippen molar-refractivity contribution >= 4 is 44.9 Å². The number of fused-ring (bicyclic) bond motifs is 1. The number of benzene rings is 11. The molecule has 0 saturated carbocycles. The van der Waals surface area contributed by atoms with Crippen LogP contribution in [0.5, 0.6) is 0 Å². The van der Waals surface area contributed by atoms with Crippen LogP contribution in [0.3, 0.4) is 0 Å². The fourth-order valence-corrected chi connectivity index (χ4v) is 9.19. The molecule has 11 aromatic carbocycles. The number of anilines is 6. The summed E-state index contributed by atoms with van der Waals surface area (Å²) in [6, 6.07) is 101. The Morgan fingerprint density at radius 2 is 0.561 bits per heavy atom. The van der Waals surface area contributed by atoms with Gasteiger partial charge in [-0.15, -0.1) is 0 Å². The Bertz CT molecular complexity index is 3280. The zero-order valence-electron chi connectivity index (χ0n) is 36.5. The normalized spacial score (nSPS) is 11.0. The van der Waals surface area contributed by atoms with Crippen LogP contribution in [0, 0.1) is 0 Å². The van der Waals surface area contributed by atoms with Crippen LogP contribution >= 0.6 is 0 Å². The highest BCUT2D eigenvalue weighted by molar-refractivity contribution is 6.00. The summed E-state index contributed by atoms with van der Waals surface area (Å²) in [4.78, 5) is 4.84. The predicted molar refractivity (Wildman–Crippen MR) is 280 cm³/mol. The van der Waals surface area contributed by atoms with E-state index in [4.69, 9.17) is 0 Å². The molecule has 0 saturated heterocycles. The molecule has 0 unspecified atom stereocenters. The van der Waals surface area contributed by atoms with E-state index in [0.717, 1.165) is 50.8 Å². The molecule has 0 atom stereocenters. The molecule has 0 fully saturated rings. The van der Waals surface area contributed by atoms with Crippen LogP contribution in [0.4, 0.5) is 34.1 Å². The van der Waals surface area contributed by atoms with Gasteiger partial charge in [0.15, 0.2) is 0 Å². The van der Waals surface area contributed by atoms with Crippen LogP contribution in [0.15, 0.2) is 279 Å². The Kier molecular flexibility index (Phi) is 11.0. The lowest BCUT2D eigenvalue weighted by molar-refractivity contribution is 1.25. The minimum Gasteiger partial charge on any atom is -0.310 e. The molecule has 11 rings (SSSR count). The van der Waals surface area contributed by atoms with Crippen molar-refractivity contribution in [3.05, 3.63) is 279 Å². The Hall–Kier alpha value is -8.72. The highest BCUT2D eigenvalue weighted by Crippen LogP contribution is 2.47. The largest absolute Gasteiger partial charge is 0.310 e. The second-order valence-electron chi connectivity index (χ2n) is 16.6. The van der Waals surface area contributed by atoms with E-state index in [1.807, 2.05) is 0 Å². The summed E-state index contributed by atoms with van der Waals surface area (Å²) < 4.78 is 0. The standard InChI is InChI=1S/C64H46N2/c1-5-18-47(19-6-1)50-32-38-56(39-33-50)65(57-40-34-51(35-41-57)48-20-7-2-8-21-48)59-44-55(62-30-17-27-53-26-13-14-28-61(53)62)45-60(46-59)66(58-42-36-52(37-43-58)49-22-9-3-10-23-49)64-31-16-15-29-63(64)54-24-11-4-12-25-54/h1-46H. The van der Waals surface area contributed by atoms with Gasteiger partial charge in [-0.3, -0.25) is 0 Å². The first-order valence-corrected chi connectivity index (χ1v) is 22.6. The first-order valence-electron chi connectivity index (χ1n) is 22.6. The molecule has 0 aromatic heterocycles. The Morgan fingerprint density at radius 1 is 0.197 bits per heavy atom. The van der Waals surface area contributed by atoms with Crippen molar-refractivity contribution in [2.45, 2.75) is 0 Å². The average molecular weight is 843 g/mol. The van der Waals surface area contributed by atoms with Crippen LogP contribution in [0.25, 0.3) is 66.4 Å². The number of hydrogen-bond acceptors (Lipinski definition) is 2. The first-order chi connectivity index (χ1) is 32.7. The van der Waals surface area contributed by atoms with E-state index >= 15 is 0 Å². The molecule has 0 heterocycles. The summed E-state index contributed by atoms with van der Waals surface area (Å²) in [6.45, 7) is 0. The van der Waals surface area contributed by atoms with E-state index in [2.05, 4.69) is 289 Å². The lowest BCUT2D eigenvalue weighted by Gasteiger charge is -2.31. The second kappa shape index (κ2) is 18.2. The van der Waals surface area contributed by atoms with E-state index in [-0.39, 0.29) is 0 Å². The zero-order valence-corrected chi connectivity index (χ0v) is 36.5. The molecule has 0 aliphatic rings. The maximum atomic E-state index is 2.43. The van der Waals surface area contributed by atoms with Crippen LogP contribution in [0.2, 0.25) is 0 Å². The highest BCUT2D eigenvalue weighted by atomic mass is 15.2. The highest BCUT2D eigenvalue weighted by Gasteiger charge is 2.22. The molecule has 0 bridgehead atoms. The Balaban J connectivity index is 1.16.